The van der Waals surface area contributed by atoms with Crippen molar-refractivity contribution in [2.24, 2.45) is 0 Å². The van der Waals surface area contributed by atoms with Crippen molar-refractivity contribution in [3.8, 4) is 11.5 Å². The molecule has 2 rings (SSSR count). The van der Waals surface area contributed by atoms with Gasteiger partial charge in [0.05, 0.1) is 18.8 Å². The van der Waals surface area contributed by atoms with Crippen molar-refractivity contribution < 1.29 is 14.3 Å². The van der Waals surface area contributed by atoms with E-state index in [2.05, 4.69) is 10.3 Å². The summed E-state index contributed by atoms with van der Waals surface area (Å²) < 4.78 is 11.1. The lowest BCUT2D eigenvalue weighted by atomic mass is 10.2. The number of ether oxygens (including phenoxy) is 2. The number of hydrogen-bond acceptors (Lipinski definition) is 5. The Labute approximate surface area is 148 Å². The Morgan fingerprint density at radius 2 is 1.96 bits per heavy atom. The van der Waals surface area contributed by atoms with E-state index in [9.17, 15) is 4.79 Å². The van der Waals surface area contributed by atoms with E-state index in [4.69, 9.17) is 9.47 Å². The van der Waals surface area contributed by atoms with Gasteiger partial charge in [0.15, 0.2) is 11.5 Å². The first-order valence-corrected chi connectivity index (χ1v) is 8.16. The van der Waals surface area contributed by atoms with Gasteiger partial charge in [0.25, 0.3) is 5.91 Å². The highest BCUT2D eigenvalue weighted by Crippen LogP contribution is 2.29. The topological polar surface area (TPSA) is 63.7 Å². The molecule has 2 aromatic rings. The Balaban J connectivity index is 2.02. The van der Waals surface area contributed by atoms with Gasteiger partial charge in [0.1, 0.15) is 5.82 Å². The van der Waals surface area contributed by atoms with Crippen LogP contribution in [0.15, 0.2) is 36.5 Å². The number of benzene rings is 1. The van der Waals surface area contributed by atoms with Crippen LogP contribution in [0.4, 0.5) is 5.82 Å². The Bertz CT molecular complexity index is 712. The fourth-order valence-electron chi connectivity index (χ4n) is 2.25. The fraction of sp³-hybridized carbons (Fsp3) is 0.368. The van der Waals surface area contributed by atoms with E-state index in [0.29, 0.717) is 23.7 Å². The van der Waals surface area contributed by atoms with E-state index in [-0.39, 0.29) is 12.0 Å². The summed E-state index contributed by atoms with van der Waals surface area (Å²) in [6, 6.07) is 9.38. The number of aromatic nitrogens is 1. The highest BCUT2D eigenvalue weighted by atomic mass is 16.5. The molecular weight excluding hydrogens is 318 g/mol. The van der Waals surface area contributed by atoms with Crippen molar-refractivity contribution in [3.63, 3.8) is 0 Å². The molecule has 0 aliphatic heterocycles. The van der Waals surface area contributed by atoms with Crippen LogP contribution in [-0.2, 0) is 6.54 Å². The van der Waals surface area contributed by atoms with E-state index in [1.165, 1.54) is 4.90 Å². The minimum atomic E-state index is -0.0653. The highest BCUT2D eigenvalue weighted by molar-refractivity contribution is 5.93. The van der Waals surface area contributed by atoms with Gasteiger partial charge in [-0.1, -0.05) is 6.07 Å². The highest BCUT2D eigenvalue weighted by Gasteiger charge is 2.09. The Morgan fingerprint density at radius 1 is 1.20 bits per heavy atom. The van der Waals surface area contributed by atoms with E-state index in [1.54, 1.807) is 39.5 Å². The SMILES string of the molecule is COc1cc(CNc2ccc(C(=O)N(C)C)cn2)ccc1OC(C)C. The molecule has 6 heteroatoms. The number of carbonyl (C=O) groups is 1. The smallest absolute Gasteiger partial charge is 0.254 e. The van der Waals surface area contributed by atoms with Gasteiger partial charge < -0.3 is 19.7 Å². The molecule has 0 aliphatic rings. The molecule has 0 radical (unpaired) electrons. The second kappa shape index (κ2) is 8.37. The molecule has 0 atom stereocenters. The van der Waals surface area contributed by atoms with Crippen LogP contribution in [-0.4, -0.2) is 43.1 Å². The summed E-state index contributed by atoms with van der Waals surface area (Å²) in [4.78, 5) is 17.7. The summed E-state index contributed by atoms with van der Waals surface area (Å²) >= 11 is 0. The first-order valence-electron chi connectivity index (χ1n) is 8.16. The summed E-state index contributed by atoms with van der Waals surface area (Å²) in [5, 5.41) is 3.24. The van der Waals surface area contributed by atoms with Gasteiger partial charge in [-0.25, -0.2) is 4.98 Å². The maximum absolute atomic E-state index is 11.9. The van der Waals surface area contributed by atoms with Gasteiger partial charge in [-0.3, -0.25) is 4.79 Å². The van der Waals surface area contributed by atoms with E-state index in [1.807, 2.05) is 32.0 Å². The minimum absolute atomic E-state index is 0.0653. The van der Waals surface area contributed by atoms with Crippen LogP contribution in [0.1, 0.15) is 29.8 Å². The molecule has 0 saturated carbocycles. The molecule has 6 nitrogen and oxygen atoms in total. The second-order valence-electron chi connectivity index (χ2n) is 6.14. The van der Waals surface area contributed by atoms with Crippen molar-refractivity contribution in [1.82, 2.24) is 9.88 Å². The molecule has 0 saturated heterocycles. The van der Waals surface area contributed by atoms with Crippen molar-refractivity contribution >= 4 is 11.7 Å². The first kappa shape index (κ1) is 18.6. The predicted octanol–water partition coefficient (Wildman–Crippen LogP) is 3.19. The maximum Gasteiger partial charge on any atom is 0.254 e. The zero-order valence-electron chi connectivity index (χ0n) is 15.4. The quantitative estimate of drug-likeness (QED) is 0.836. The van der Waals surface area contributed by atoms with Crippen molar-refractivity contribution in [2.45, 2.75) is 26.5 Å². The van der Waals surface area contributed by atoms with Gasteiger partial charge >= 0.3 is 0 Å². The number of hydrogen-bond donors (Lipinski definition) is 1. The Morgan fingerprint density at radius 3 is 2.52 bits per heavy atom. The van der Waals surface area contributed by atoms with Crippen LogP contribution in [0.3, 0.4) is 0 Å². The van der Waals surface area contributed by atoms with Crippen LogP contribution in [0, 0.1) is 0 Å². The van der Waals surface area contributed by atoms with E-state index in [0.717, 1.165) is 11.3 Å². The van der Waals surface area contributed by atoms with Gasteiger partial charge in [0.2, 0.25) is 0 Å². The molecule has 1 amide bonds. The average molecular weight is 343 g/mol. The molecule has 1 aromatic carbocycles. The lowest BCUT2D eigenvalue weighted by molar-refractivity contribution is 0.0827. The van der Waals surface area contributed by atoms with Gasteiger partial charge in [-0.2, -0.15) is 0 Å². The number of methoxy groups -OCH3 is 1. The van der Waals surface area contributed by atoms with E-state index < -0.39 is 0 Å². The number of nitrogens with one attached hydrogen (secondary N) is 1. The van der Waals surface area contributed by atoms with Crippen LogP contribution < -0.4 is 14.8 Å². The number of carbonyl (C=O) groups excluding carboxylic acids is 1. The lowest BCUT2D eigenvalue weighted by Crippen LogP contribution is -2.21. The molecule has 1 aromatic heterocycles. The van der Waals surface area contributed by atoms with Gasteiger partial charge in [0, 0.05) is 26.8 Å². The number of nitrogens with zero attached hydrogens (tertiary/aromatic N) is 2. The Kier molecular flexibility index (Phi) is 6.22. The zero-order valence-corrected chi connectivity index (χ0v) is 15.4. The van der Waals surface area contributed by atoms with Crippen LogP contribution >= 0.6 is 0 Å². The maximum atomic E-state index is 11.9. The zero-order chi connectivity index (χ0) is 18.4. The van der Waals surface area contributed by atoms with Crippen LogP contribution in [0.5, 0.6) is 11.5 Å². The number of amides is 1. The fourth-order valence-corrected chi connectivity index (χ4v) is 2.25. The number of rotatable bonds is 7. The summed E-state index contributed by atoms with van der Waals surface area (Å²) in [6.07, 6.45) is 1.66. The normalized spacial score (nSPS) is 10.5. The summed E-state index contributed by atoms with van der Waals surface area (Å²) in [5.41, 5.74) is 1.61. The molecule has 1 heterocycles. The summed E-state index contributed by atoms with van der Waals surface area (Å²) in [5.74, 6) is 2.07. The number of anilines is 1. The molecule has 134 valence electrons. The third kappa shape index (κ3) is 5.11. The van der Waals surface area contributed by atoms with Crippen molar-refractivity contribution in [3.05, 3.63) is 47.7 Å². The average Bonchev–Trinajstić information content (AvgIpc) is 2.60. The first-order chi connectivity index (χ1) is 11.9. The summed E-state index contributed by atoms with van der Waals surface area (Å²) in [6.45, 7) is 4.54. The molecule has 0 unspecified atom stereocenters. The molecule has 0 fully saturated rings. The molecule has 0 bridgehead atoms. The largest absolute Gasteiger partial charge is 0.493 e. The predicted molar refractivity (Wildman–Crippen MR) is 98.3 cm³/mol. The summed E-state index contributed by atoms with van der Waals surface area (Å²) in [7, 11) is 5.06. The van der Waals surface area contributed by atoms with Crippen LogP contribution in [0.25, 0.3) is 0 Å². The van der Waals surface area contributed by atoms with Crippen LogP contribution in [0.2, 0.25) is 0 Å². The third-order valence-corrected chi connectivity index (χ3v) is 3.48. The standard InChI is InChI=1S/C19H25N3O3/c1-13(2)25-16-8-6-14(10-17(16)24-5)11-20-18-9-7-15(12-21-18)19(23)22(3)4/h6-10,12-13H,11H2,1-5H3,(H,20,21). The Hall–Kier alpha value is -2.76. The molecule has 1 N–H and O–H groups in total. The third-order valence-electron chi connectivity index (χ3n) is 3.48. The molecule has 0 aliphatic carbocycles. The van der Waals surface area contributed by atoms with E-state index >= 15 is 0 Å². The number of pyridine rings is 1. The monoisotopic (exact) mass is 343 g/mol. The lowest BCUT2D eigenvalue weighted by Gasteiger charge is -2.15. The van der Waals surface area contributed by atoms with Crippen molar-refractivity contribution in [1.29, 1.82) is 0 Å². The molecule has 25 heavy (non-hydrogen) atoms. The van der Waals surface area contributed by atoms with Crippen molar-refractivity contribution in [2.75, 3.05) is 26.5 Å². The molecule has 0 spiro atoms. The minimum Gasteiger partial charge on any atom is -0.493 e. The van der Waals surface area contributed by atoms with Gasteiger partial charge in [-0.15, -0.1) is 0 Å². The second-order valence-corrected chi connectivity index (χ2v) is 6.14. The van der Waals surface area contributed by atoms with Gasteiger partial charge in [-0.05, 0) is 43.7 Å². The molecular formula is C19H25N3O3.